The van der Waals surface area contributed by atoms with E-state index in [0.29, 0.717) is 18.5 Å². The van der Waals surface area contributed by atoms with Crippen molar-refractivity contribution in [1.82, 2.24) is 9.88 Å². The number of aryl methyl sites for hydroxylation is 1. The fraction of sp³-hybridized carbons (Fsp3) is 0.462. The van der Waals surface area contributed by atoms with Crippen LogP contribution in [0.2, 0.25) is 0 Å². The van der Waals surface area contributed by atoms with Crippen molar-refractivity contribution in [2.75, 3.05) is 6.54 Å². The number of unbranched alkanes of at least 4 members (excludes halogenated alkanes) is 2. The van der Waals surface area contributed by atoms with Crippen molar-refractivity contribution in [3.8, 4) is 0 Å². The van der Waals surface area contributed by atoms with Gasteiger partial charge in [0.05, 0.1) is 0 Å². The van der Waals surface area contributed by atoms with E-state index >= 15 is 0 Å². The van der Waals surface area contributed by atoms with Crippen molar-refractivity contribution in [3.05, 3.63) is 34.2 Å². The van der Waals surface area contributed by atoms with E-state index in [1.54, 1.807) is 19.3 Å². The lowest BCUT2D eigenvalue weighted by molar-refractivity contribution is -0.137. The van der Waals surface area contributed by atoms with Gasteiger partial charge in [0.15, 0.2) is 0 Å². The molecule has 0 bridgehead atoms. The number of nitrogens with one attached hydrogen (secondary N) is 1. The van der Waals surface area contributed by atoms with Crippen LogP contribution in [0.1, 0.15) is 36.0 Å². The van der Waals surface area contributed by atoms with Crippen LogP contribution in [0.25, 0.3) is 0 Å². The molecule has 0 radical (unpaired) electrons. The SMILES string of the molecule is Cn1ccc(C(=O)NCCCCCC(=O)O)cc1=O. The molecule has 1 aromatic rings. The molecule has 2 N–H and O–H groups in total. The predicted octanol–water partition coefficient (Wildman–Crippen LogP) is 0.760. The Kier molecular flexibility index (Phi) is 5.78. The molecule has 1 heterocycles. The van der Waals surface area contributed by atoms with Crippen molar-refractivity contribution in [2.24, 2.45) is 7.05 Å². The van der Waals surface area contributed by atoms with E-state index in [1.165, 1.54) is 10.6 Å². The molecule has 1 amide bonds. The molecular weight excluding hydrogens is 248 g/mol. The largest absolute Gasteiger partial charge is 0.481 e. The molecule has 104 valence electrons. The summed E-state index contributed by atoms with van der Waals surface area (Å²) in [5.41, 5.74) is 0.114. The predicted molar refractivity (Wildman–Crippen MR) is 70.1 cm³/mol. The van der Waals surface area contributed by atoms with Gasteiger partial charge >= 0.3 is 5.97 Å². The average Bonchev–Trinajstić information content (AvgIpc) is 2.36. The third-order valence-corrected chi connectivity index (χ3v) is 2.72. The molecule has 19 heavy (non-hydrogen) atoms. The van der Waals surface area contributed by atoms with E-state index in [9.17, 15) is 14.4 Å². The monoisotopic (exact) mass is 266 g/mol. The Morgan fingerprint density at radius 3 is 2.68 bits per heavy atom. The van der Waals surface area contributed by atoms with Crippen LogP contribution in [0, 0.1) is 0 Å². The van der Waals surface area contributed by atoms with Crippen LogP contribution >= 0.6 is 0 Å². The smallest absolute Gasteiger partial charge is 0.303 e. The highest BCUT2D eigenvalue weighted by atomic mass is 16.4. The van der Waals surface area contributed by atoms with Crippen molar-refractivity contribution in [1.29, 1.82) is 0 Å². The van der Waals surface area contributed by atoms with Gasteiger partial charge in [-0.25, -0.2) is 0 Å². The first-order valence-electron chi connectivity index (χ1n) is 6.17. The molecule has 0 spiro atoms. The average molecular weight is 266 g/mol. The molecule has 0 unspecified atom stereocenters. The Labute approximate surface area is 111 Å². The maximum Gasteiger partial charge on any atom is 0.303 e. The zero-order valence-corrected chi connectivity index (χ0v) is 10.9. The summed E-state index contributed by atoms with van der Waals surface area (Å²) < 4.78 is 1.39. The molecule has 6 nitrogen and oxygen atoms in total. The number of pyridine rings is 1. The van der Waals surface area contributed by atoms with Crippen LogP contribution in [0.3, 0.4) is 0 Å². The highest BCUT2D eigenvalue weighted by Crippen LogP contribution is 1.99. The van der Waals surface area contributed by atoms with Gasteiger partial charge in [-0.15, -0.1) is 0 Å². The summed E-state index contributed by atoms with van der Waals surface area (Å²) >= 11 is 0. The molecule has 0 fully saturated rings. The Morgan fingerprint density at radius 1 is 1.32 bits per heavy atom. The van der Waals surface area contributed by atoms with Gasteiger partial charge in [0.2, 0.25) is 0 Å². The molecule has 6 heteroatoms. The minimum absolute atomic E-state index is 0.155. The van der Waals surface area contributed by atoms with Gasteiger partial charge in [-0.05, 0) is 18.9 Å². The number of aliphatic carboxylic acids is 1. The number of carboxylic acid groups (broad SMARTS) is 1. The summed E-state index contributed by atoms with van der Waals surface area (Å²) in [6.45, 7) is 0.480. The second kappa shape index (κ2) is 7.35. The molecule has 0 saturated heterocycles. The second-order valence-electron chi connectivity index (χ2n) is 4.32. The zero-order valence-electron chi connectivity index (χ0n) is 10.9. The highest BCUT2D eigenvalue weighted by molar-refractivity contribution is 5.93. The maximum absolute atomic E-state index is 11.7. The van der Waals surface area contributed by atoms with Gasteiger partial charge in [0.25, 0.3) is 11.5 Å². The van der Waals surface area contributed by atoms with Crippen LogP contribution in [0.15, 0.2) is 23.1 Å². The summed E-state index contributed by atoms with van der Waals surface area (Å²) in [5.74, 6) is -1.08. The Hall–Kier alpha value is -2.11. The first-order valence-corrected chi connectivity index (χ1v) is 6.17. The normalized spacial score (nSPS) is 10.2. The van der Waals surface area contributed by atoms with Crippen LogP contribution in [-0.2, 0) is 11.8 Å². The first-order chi connectivity index (χ1) is 9.00. The topological polar surface area (TPSA) is 88.4 Å². The van der Waals surface area contributed by atoms with Crippen LogP contribution < -0.4 is 10.9 Å². The number of amides is 1. The standard InChI is InChI=1S/C13H18N2O4/c1-15-8-6-10(9-11(15)16)13(19)14-7-4-2-3-5-12(17)18/h6,8-9H,2-5,7H2,1H3,(H,14,19)(H,17,18). The van der Waals surface area contributed by atoms with E-state index in [2.05, 4.69) is 5.32 Å². The second-order valence-corrected chi connectivity index (χ2v) is 4.32. The first kappa shape index (κ1) is 14.9. The van der Waals surface area contributed by atoms with Crippen LogP contribution in [0.4, 0.5) is 0 Å². The number of carbonyl (C=O) groups excluding carboxylic acids is 1. The summed E-state index contributed by atoms with van der Waals surface area (Å²) in [7, 11) is 1.62. The molecule has 0 aliphatic rings. The lowest BCUT2D eigenvalue weighted by Gasteiger charge is -2.05. The molecule has 1 aromatic heterocycles. The summed E-state index contributed by atoms with van der Waals surface area (Å²) in [4.78, 5) is 33.3. The molecule has 0 aromatic carbocycles. The quantitative estimate of drug-likeness (QED) is 0.713. The van der Waals surface area contributed by atoms with Crippen molar-refractivity contribution in [2.45, 2.75) is 25.7 Å². The third kappa shape index (κ3) is 5.37. The number of aromatic nitrogens is 1. The number of hydrogen-bond acceptors (Lipinski definition) is 3. The van der Waals surface area contributed by atoms with Gasteiger partial charge in [-0.2, -0.15) is 0 Å². The van der Waals surface area contributed by atoms with Crippen LogP contribution in [-0.4, -0.2) is 28.1 Å². The lowest BCUT2D eigenvalue weighted by Crippen LogP contribution is -2.26. The molecule has 0 saturated carbocycles. The summed E-state index contributed by atoms with van der Waals surface area (Å²) in [6.07, 6.45) is 3.79. The minimum Gasteiger partial charge on any atom is -0.481 e. The van der Waals surface area contributed by atoms with Gasteiger partial charge in [0.1, 0.15) is 0 Å². The number of carboxylic acids is 1. The fourth-order valence-electron chi connectivity index (χ4n) is 1.57. The van der Waals surface area contributed by atoms with Crippen molar-refractivity contribution >= 4 is 11.9 Å². The van der Waals surface area contributed by atoms with Gasteiger partial charge < -0.3 is 15.0 Å². The molecular formula is C13H18N2O4. The van der Waals surface area contributed by atoms with E-state index in [-0.39, 0.29) is 17.9 Å². The van der Waals surface area contributed by atoms with Gasteiger partial charge in [0, 0.05) is 37.8 Å². The number of nitrogens with zero attached hydrogens (tertiary/aromatic N) is 1. The van der Waals surface area contributed by atoms with Gasteiger partial charge in [-0.1, -0.05) is 6.42 Å². The number of hydrogen-bond donors (Lipinski definition) is 2. The fourth-order valence-corrected chi connectivity index (χ4v) is 1.57. The molecule has 0 atom stereocenters. The van der Waals surface area contributed by atoms with E-state index < -0.39 is 5.97 Å². The molecule has 0 aliphatic heterocycles. The number of rotatable bonds is 7. The summed E-state index contributed by atoms with van der Waals surface area (Å²) in [5, 5.41) is 11.2. The summed E-state index contributed by atoms with van der Waals surface area (Å²) in [6, 6.07) is 2.88. The van der Waals surface area contributed by atoms with Crippen LogP contribution in [0.5, 0.6) is 0 Å². The Balaban J connectivity index is 2.29. The van der Waals surface area contributed by atoms with Crippen molar-refractivity contribution < 1.29 is 14.7 Å². The van der Waals surface area contributed by atoms with Crippen molar-refractivity contribution in [3.63, 3.8) is 0 Å². The van der Waals surface area contributed by atoms with E-state index in [4.69, 9.17) is 5.11 Å². The molecule has 0 aliphatic carbocycles. The van der Waals surface area contributed by atoms with E-state index in [0.717, 1.165) is 12.8 Å². The minimum atomic E-state index is -0.802. The van der Waals surface area contributed by atoms with E-state index in [1.807, 2.05) is 0 Å². The molecule has 1 rings (SSSR count). The third-order valence-electron chi connectivity index (χ3n) is 2.72. The Bertz CT molecular complexity index is 508. The Morgan fingerprint density at radius 2 is 2.05 bits per heavy atom. The van der Waals surface area contributed by atoms with Gasteiger partial charge in [-0.3, -0.25) is 14.4 Å². The lowest BCUT2D eigenvalue weighted by atomic mass is 10.2. The number of carbonyl (C=O) groups is 2. The maximum atomic E-state index is 11.7. The highest BCUT2D eigenvalue weighted by Gasteiger charge is 2.05. The zero-order chi connectivity index (χ0) is 14.3.